The second-order valence-corrected chi connectivity index (χ2v) is 4.25. The monoisotopic (exact) mass is 296 g/mol. The summed E-state index contributed by atoms with van der Waals surface area (Å²) in [6.45, 7) is 5.56. The predicted octanol–water partition coefficient (Wildman–Crippen LogP) is 1.53. The van der Waals surface area contributed by atoms with E-state index >= 15 is 0 Å². The minimum atomic E-state index is -0.565. The van der Waals surface area contributed by atoms with Crippen molar-refractivity contribution in [3.63, 3.8) is 0 Å². The summed E-state index contributed by atoms with van der Waals surface area (Å²) in [6, 6.07) is 1.25. The molecule has 1 heterocycles. The highest BCUT2D eigenvalue weighted by Crippen LogP contribution is 2.20. The van der Waals surface area contributed by atoms with Crippen LogP contribution in [0.1, 0.15) is 24.2 Å². The average molecular weight is 296 g/mol. The number of nitrogens with zero attached hydrogens (tertiary/aromatic N) is 3. The second-order valence-electron chi connectivity index (χ2n) is 4.25. The maximum atomic E-state index is 12.5. The molecular weight excluding hydrogens is 276 g/mol. The first-order chi connectivity index (χ1) is 10.0. The number of methoxy groups -OCH3 is 1. The van der Waals surface area contributed by atoms with E-state index in [1.54, 1.807) is 12.0 Å². The van der Waals surface area contributed by atoms with Gasteiger partial charge in [0.2, 0.25) is 0 Å². The van der Waals surface area contributed by atoms with Crippen LogP contribution in [-0.4, -0.2) is 54.1 Å². The molecule has 0 saturated carbocycles. The van der Waals surface area contributed by atoms with Crippen LogP contribution in [0.3, 0.4) is 0 Å². The first-order valence-electron chi connectivity index (χ1n) is 6.71. The molecule has 8 heteroatoms. The topological polar surface area (TPSA) is 97.6 Å². The van der Waals surface area contributed by atoms with Crippen LogP contribution in [0.4, 0.5) is 11.5 Å². The van der Waals surface area contributed by atoms with Gasteiger partial charge < -0.3 is 15.0 Å². The van der Waals surface area contributed by atoms with Crippen LogP contribution in [0.25, 0.3) is 0 Å². The van der Waals surface area contributed by atoms with Gasteiger partial charge in [-0.3, -0.25) is 14.9 Å². The minimum Gasteiger partial charge on any atom is -0.383 e. The SMILES string of the molecule is CCNc1ncc([N+](=O)[O-])cc1C(=O)N(CC)CCOC. The van der Waals surface area contributed by atoms with Gasteiger partial charge in [-0.05, 0) is 13.8 Å². The average Bonchev–Trinajstić information content (AvgIpc) is 2.48. The Morgan fingerprint density at radius 1 is 1.52 bits per heavy atom. The fourth-order valence-electron chi connectivity index (χ4n) is 1.80. The van der Waals surface area contributed by atoms with E-state index < -0.39 is 4.92 Å². The summed E-state index contributed by atoms with van der Waals surface area (Å²) in [5.41, 5.74) is -0.00759. The number of carbonyl (C=O) groups is 1. The van der Waals surface area contributed by atoms with Gasteiger partial charge in [-0.25, -0.2) is 4.98 Å². The van der Waals surface area contributed by atoms with E-state index in [-0.39, 0.29) is 17.2 Å². The van der Waals surface area contributed by atoms with Crippen LogP contribution in [0.15, 0.2) is 12.3 Å². The lowest BCUT2D eigenvalue weighted by Crippen LogP contribution is -2.34. The number of pyridine rings is 1. The lowest BCUT2D eigenvalue weighted by Gasteiger charge is -2.21. The van der Waals surface area contributed by atoms with Crippen molar-refractivity contribution >= 4 is 17.4 Å². The molecule has 0 radical (unpaired) electrons. The fourth-order valence-corrected chi connectivity index (χ4v) is 1.80. The number of ether oxygens (including phenoxy) is 1. The highest BCUT2D eigenvalue weighted by atomic mass is 16.6. The molecule has 0 atom stereocenters. The van der Waals surface area contributed by atoms with Gasteiger partial charge in [-0.15, -0.1) is 0 Å². The van der Waals surface area contributed by atoms with Crippen LogP contribution in [0.5, 0.6) is 0 Å². The van der Waals surface area contributed by atoms with Crippen LogP contribution in [-0.2, 0) is 4.74 Å². The van der Waals surface area contributed by atoms with Gasteiger partial charge in [0.05, 0.1) is 17.1 Å². The highest BCUT2D eigenvalue weighted by molar-refractivity contribution is 5.99. The molecule has 1 amide bonds. The summed E-state index contributed by atoms with van der Waals surface area (Å²) in [4.78, 5) is 28.3. The van der Waals surface area contributed by atoms with Gasteiger partial charge in [0.1, 0.15) is 12.0 Å². The Bertz CT molecular complexity index is 507. The number of rotatable bonds is 8. The van der Waals surface area contributed by atoms with Crippen molar-refractivity contribution in [2.24, 2.45) is 0 Å². The molecule has 1 aromatic rings. The molecule has 0 aromatic carbocycles. The summed E-state index contributed by atoms with van der Waals surface area (Å²) in [6.07, 6.45) is 1.14. The third kappa shape index (κ3) is 4.38. The van der Waals surface area contributed by atoms with Crippen LogP contribution in [0.2, 0.25) is 0 Å². The Labute approximate surface area is 123 Å². The number of nitro groups is 1. The molecule has 0 saturated heterocycles. The maximum Gasteiger partial charge on any atom is 0.288 e. The zero-order valence-electron chi connectivity index (χ0n) is 12.5. The molecule has 1 N–H and O–H groups in total. The molecule has 21 heavy (non-hydrogen) atoms. The van der Waals surface area contributed by atoms with Gasteiger partial charge in [-0.2, -0.15) is 0 Å². The van der Waals surface area contributed by atoms with Gasteiger partial charge in [-0.1, -0.05) is 0 Å². The molecule has 0 aliphatic rings. The zero-order chi connectivity index (χ0) is 15.8. The third-order valence-corrected chi connectivity index (χ3v) is 2.89. The summed E-state index contributed by atoms with van der Waals surface area (Å²) < 4.78 is 4.97. The molecule has 1 aromatic heterocycles. The Morgan fingerprint density at radius 3 is 2.76 bits per heavy atom. The van der Waals surface area contributed by atoms with Crippen LogP contribution in [0, 0.1) is 10.1 Å². The number of aromatic nitrogens is 1. The quantitative estimate of drug-likeness (QED) is 0.577. The molecule has 0 aliphatic heterocycles. The van der Waals surface area contributed by atoms with Crippen molar-refractivity contribution in [3.05, 3.63) is 27.9 Å². The summed E-state index contributed by atoms with van der Waals surface area (Å²) in [5.74, 6) is 0.0469. The number of amides is 1. The third-order valence-electron chi connectivity index (χ3n) is 2.89. The number of nitrogens with one attached hydrogen (secondary N) is 1. The van der Waals surface area contributed by atoms with E-state index in [0.717, 1.165) is 6.20 Å². The van der Waals surface area contributed by atoms with E-state index in [0.29, 0.717) is 32.1 Å². The molecule has 0 bridgehead atoms. The van der Waals surface area contributed by atoms with Gasteiger partial charge in [0.25, 0.3) is 11.6 Å². The first-order valence-corrected chi connectivity index (χ1v) is 6.71. The van der Waals surface area contributed by atoms with Gasteiger partial charge in [0, 0.05) is 32.8 Å². The van der Waals surface area contributed by atoms with Crippen LogP contribution >= 0.6 is 0 Å². The van der Waals surface area contributed by atoms with Crippen LogP contribution < -0.4 is 5.32 Å². The summed E-state index contributed by atoms with van der Waals surface area (Å²) in [7, 11) is 1.55. The number of hydrogen-bond donors (Lipinski definition) is 1. The molecular formula is C13H20N4O4. The Kier molecular flexibility index (Phi) is 6.54. The molecule has 0 unspecified atom stereocenters. The van der Waals surface area contributed by atoms with E-state index in [1.807, 2.05) is 13.8 Å². The number of likely N-dealkylation sites (N-methyl/N-ethyl adjacent to an activating group) is 1. The van der Waals surface area contributed by atoms with Gasteiger partial charge in [0.15, 0.2) is 0 Å². The van der Waals surface area contributed by atoms with Crippen molar-refractivity contribution in [1.82, 2.24) is 9.88 Å². The van der Waals surface area contributed by atoms with E-state index in [2.05, 4.69) is 10.3 Å². The van der Waals surface area contributed by atoms with Crippen molar-refractivity contribution < 1.29 is 14.5 Å². The molecule has 116 valence electrons. The van der Waals surface area contributed by atoms with E-state index in [4.69, 9.17) is 4.74 Å². The maximum absolute atomic E-state index is 12.5. The normalized spacial score (nSPS) is 10.2. The standard InChI is InChI=1S/C13H20N4O4/c1-4-14-12-11(8-10(9-15-12)17(19)20)13(18)16(5-2)6-7-21-3/h8-9H,4-7H2,1-3H3,(H,14,15). The smallest absolute Gasteiger partial charge is 0.288 e. The largest absolute Gasteiger partial charge is 0.383 e. The Morgan fingerprint density at radius 2 is 2.24 bits per heavy atom. The lowest BCUT2D eigenvalue weighted by molar-refractivity contribution is -0.385. The van der Waals surface area contributed by atoms with E-state index in [9.17, 15) is 14.9 Å². The van der Waals surface area contributed by atoms with E-state index in [1.165, 1.54) is 6.07 Å². The van der Waals surface area contributed by atoms with Crippen molar-refractivity contribution in [3.8, 4) is 0 Å². The zero-order valence-corrected chi connectivity index (χ0v) is 12.5. The second kappa shape index (κ2) is 8.15. The summed E-state index contributed by atoms with van der Waals surface area (Å²) in [5, 5.41) is 13.8. The first kappa shape index (κ1) is 16.8. The molecule has 0 aliphatic carbocycles. The van der Waals surface area contributed by atoms with Crippen molar-refractivity contribution in [2.45, 2.75) is 13.8 Å². The van der Waals surface area contributed by atoms with Crippen molar-refractivity contribution in [1.29, 1.82) is 0 Å². The number of anilines is 1. The fraction of sp³-hybridized carbons (Fsp3) is 0.538. The lowest BCUT2D eigenvalue weighted by atomic mass is 10.2. The predicted molar refractivity (Wildman–Crippen MR) is 78.5 cm³/mol. The molecule has 0 spiro atoms. The number of hydrogen-bond acceptors (Lipinski definition) is 6. The molecule has 1 rings (SSSR count). The minimum absolute atomic E-state index is 0.198. The molecule has 8 nitrogen and oxygen atoms in total. The Balaban J connectivity index is 3.13. The van der Waals surface area contributed by atoms with Crippen molar-refractivity contribution in [2.75, 3.05) is 38.7 Å². The number of carbonyl (C=O) groups excluding carboxylic acids is 1. The molecule has 0 fully saturated rings. The highest BCUT2D eigenvalue weighted by Gasteiger charge is 2.21. The van der Waals surface area contributed by atoms with Gasteiger partial charge >= 0.3 is 0 Å². The Hall–Kier alpha value is -2.22. The summed E-state index contributed by atoms with van der Waals surface area (Å²) >= 11 is 0.